The van der Waals surface area contributed by atoms with Gasteiger partial charge in [0, 0.05) is 24.0 Å². The van der Waals surface area contributed by atoms with Crippen LogP contribution in [0.5, 0.6) is 0 Å². The van der Waals surface area contributed by atoms with E-state index in [0.29, 0.717) is 6.04 Å². The molecule has 0 saturated heterocycles. The lowest BCUT2D eigenvalue weighted by atomic mass is 10.0. The van der Waals surface area contributed by atoms with Crippen molar-refractivity contribution in [1.82, 2.24) is 5.32 Å². The number of hydrogen-bond acceptors (Lipinski definition) is 3. The van der Waals surface area contributed by atoms with Crippen molar-refractivity contribution >= 4 is 21.4 Å². The summed E-state index contributed by atoms with van der Waals surface area (Å²) >= 11 is 1.85. The average Bonchev–Trinajstić information content (AvgIpc) is 2.88. The zero-order valence-corrected chi connectivity index (χ0v) is 13.3. The highest BCUT2D eigenvalue weighted by molar-refractivity contribution is 7.17. The van der Waals surface area contributed by atoms with Crippen LogP contribution in [0.2, 0.25) is 0 Å². The quantitative estimate of drug-likeness (QED) is 0.698. The number of fused-ring (bicyclic) bond motifs is 1. The molecule has 3 heteroatoms. The van der Waals surface area contributed by atoms with Crippen molar-refractivity contribution in [3.05, 3.63) is 35.2 Å². The molecule has 0 spiro atoms. The van der Waals surface area contributed by atoms with Crippen LogP contribution < -0.4 is 5.32 Å². The summed E-state index contributed by atoms with van der Waals surface area (Å²) in [6.07, 6.45) is 3.35. The summed E-state index contributed by atoms with van der Waals surface area (Å²) in [4.78, 5) is 0. The van der Waals surface area contributed by atoms with Gasteiger partial charge in [-0.1, -0.05) is 25.1 Å². The fraction of sp³-hybridized carbons (Fsp3) is 0.529. The summed E-state index contributed by atoms with van der Waals surface area (Å²) < 4.78 is 6.90. The lowest BCUT2D eigenvalue weighted by Crippen LogP contribution is -2.33. The smallest absolute Gasteiger partial charge is 0.0480 e. The minimum atomic E-state index is 0.513. The van der Waals surface area contributed by atoms with Gasteiger partial charge in [0.1, 0.15) is 0 Å². The predicted molar refractivity (Wildman–Crippen MR) is 88.7 cm³/mol. The fourth-order valence-electron chi connectivity index (χ4n) is 2.45. The number of hydrogen-bond donors (Lipinski definition) is 1. The first kappa shape index (κ1) is 15.5. The molecule has 2 aromatic rings. The first-order chi connectivity index (χ1) is 9.85. The van der Waals surface area contributed by atoms with Crippen LogP contribution in [-0.4, -0.2) is 25.8 Å². The van der Waals surface area contributed by atoms with Crippen LogP contribution >= 0.6 is 11.3 Å². The number of rotatable bonds is 9. The molecule has 0 amide bonds. The Labute approximate surface area is 126 Å². The predicted octanol–water partition coefficient (Wildman–Crippen LogP) is 4.24. The Hall–Kier alpha value is -0.900. The Kier molecular flexibility index (Phi) is 6.51. The van der Waals surface area contributed by atoms with Gasteiger partial charge >= 0.3 is 0 Å². The van der Waals surface area contributed by atoms with Gasteiger partial charge in [0.15, 0.2) is 0 Å². The molecule has 20 heavy (non-hydrogen) atoms. The monoisotopic (exact) mass is 291 g/mol. The van der Waals surface area contributed by atoms with Gasteiger partial charge in [-0.2, -0.15) is 0 Å². The number of thiophene rings is 1. The van der Waals surface area contributed by atoms with E-state index in [9.17, 15) is 0 Å². The zero-order valence-electron chi connectivity index (χ0n) is 12.5. The summed E-state index contributed by atoms with van der Waals surface area (Å²) in [6.45, 7) is 7.01. The van der Waals surface area contributed by atoms with Gasteiger partial charge in [0.2, 0.25) is 0 Å². The highest BCUT2D eigenvalue weighted by atomic mass is 32.1. The van der Waals surface area contributed by atoms with E-state index >= 15 is 0 Å². The molecule has 1 unspecified atom stereocenters. The van der Waals surface area contributed by atoms with E-state index in [4.69, 9.17) is 4.74 Å². The molecule has 1 aromatic heterocycles. The van der Waals surface area contributed by atoms with Crippen LogP contribution in [-0.2, 0) is 11.2 Å². The van der Waals surface area contributed by atoms with E-state index in [2.05, 4.69) is 48.8 Å². The molecule has 1 N–H and O–H groups in total. The molecular formula is C17H25NOS. The van der Waals surface area contributed by atoms with Crippen molar-refractivity contribution in [2.24, 2.45) is 0 Å². The summed E-state index contributed by atoms with van der Waals surface area (Å²) in [5.74, 6) is 0. The van der Waals surface area contributed by atoms with Gasteiger partial charge in [-0.15, -0.1) is 11.3 Å². The largest absolute Gasteiger partial charge is 0.382 e. The van der Waals surface area contributed by atoms with Gasteiger partial charge < -0.3 is 10.1 Å². The average molecular weight is 291 g/mol. The summed E-state index contributed by atoms with van der Waals surface area (Å²) in [5.41, 5.74) is 1.47. The SMILES string of the molecule is CCCNC(CCOCC)Cc1csc2ccccc12. The Morgan fingerprint density at radius 3 is 2.90 bits per heavy atom. The van der Waals surface area contributed by atoms with E-state index in [0.717, 1.165) is 32.6 Å². The third-order valence-corrected chi connectivity index (χ3v) is 4.54. The molecule has 0 bridgehead atoms. The van der Waals surface area contributed by atoms with Crippen LogP contribution in [0.3, 0.4) is 0 Å². The highest BCUT2D eigenvalue weighted by Crippen LogP contribution is 2.26. The maximum atomic E-state index is 5.51. The lowest BCUT2D eigenvalue weighted by Gasteiger charge is -2.18. The normalized spacial score (nSPS) is 12.9. The van der Waals surface area contributed by atoms with E-state index in [1.54, 1.807) is 0 Å². The second-order valence-corrected chi connectivity index (χ2v) is 6.01. The molecule has 1 atom stereocenters. The standard InChI is InChI=1S/C17H25NOS/c1-3-10-18-15(9-11-19-4-2)12-14-13-20-17-8-6-5-7-16(14)17/h5-8,13,15,18H,3-4,9-12H2,1-2H3. The molecule has 2 nitrogen and oxygen atoms in total. The van der Waals surface area contributed by atoms with Crippen molar-refractivity contribution in [2.75, 3.05) is 19.8 Å². The molecule has 0 aliphatic heterocycles. The van der Waals surface area contributed by atoms with Crippen LogP contribution in [0.15, 0.2) is 29.6 Å². The lowest BCUT2D eigenvalue weighted by molar-refractivity contribution is 0.136. The molecule has 110 valence electrons. The molecule has 2 rings (SSSR count). The Morgan fingerprint density at radius 1 is 1.25 bits per heavy atom. The van der Waals surface area contributed by atoms with Crippen LogP contribution in [0.4, 0.5) is 0 Å². The van der Waals surface area contributed by atoms with Crippen molar-refractivity contribution in [1.29, 1.82) is 0 Å². The molecular weight excluding hydrogens is 266 g/mol. The van der Waals surface area contributed by atoms with Gasteiger partial charge in [-0.05, 0) is 55.1 Å². The topological polar surface area (TPSA) is 21.3 Å². The van der Waals surface area contributed by atoms with E-state index in [-0.39, 0.29) is 0 Å². The zero-order chi connectivity index (χ0) is 14.2. The maximum Gasteiger partial charge on any atom is 0.0480 e. The Bertz CT molecular complexity index is 508. The minimum absolute atomic E-state index is 0.513. The third-order valence-electron chi connectivity index (χ3n) is 3.53. The molecule has 0 aliphatic rings. The van der Waals surface area contributed by atoms with Crippen molar-refractivity contribution in [3.63, 3.8) is 0 Å². The minimum Gasteiger partial charge on any atom is -0.382 e. The molecule has 1 heterocycles. The van der Waals surface area contributed by atoms with Gasteiger partial charge in [0.25, 0.3) is 0 Å². The van der Waals surface area contributed by atoms with Gasteiger partial charge in [0.05, 0.1) is 0 Å². The highest BCUT2D eigenvalue weighted by Gasteiger charge is 2.12. The van der Waals surface area contributed by atoms with Gasteiger partial charge in [-0.3, -0.25) is 0 Å². The van der Waals surface area contributed by atoms with Crippen molar-refractivity contribution in [2.45, 2.75) is 39.2 Å². The second-order valence-electron chi connectivity index (χ2n) is 5.10. The number of benzene rings is 1. The first-order valence-corrected chi connectivity index (χ1v) is 8.49. The Balaban J connectivity index is 2.01. The van der Waals surface area contributed by atoms with Crippen LogP contribution in [0.25, 0.3) is 10.1 Å². The van der Waals surface area contributed by atoms with E-state index in [1.165, 1.54) is 22.1 Å². The van der Waals surface area contributed by atoms with E-state index in [1.807, 2.05) is 11.3 Å². The van der Waals surface area contributed by atoms with E-state index < -0.39 is 0 Å². The van der Waals surface area contributed by atoms with Crippen LogP contribution in [0, 0.1) is 0 Å². The third kappa shape index (κ3) is 4.30. The second kappa shape index (κ2) is 8.40. The number of ether oxygens (including phenoxy) is 1. The number of nitrogens with one attached hydrogen (secondary N) is 1. The summed E-state index contributed by atoms with van der Waals surface area (Å²) in [5, 5.41) is 7.38. The van der Waals surface area contributed by atoms with Crippen LogP contribution in [0.1, 0.15) is 32.3 Å². The molecule has 0 saturated carbocycles. The molecule has 0 fully saturated rings. The summed E-state index contributed by atoms with van der Waals surface area (Å²) in [7, 11) is 0. The van der Waals surface area contributed by atoms with Crippen molar-refractivity contribution < 1.29 is 4.74 Å². The van der Waals surface area contributed by atoms with Crippen molar-refractivity contribution in [3.8, 4) is 0 Å². The maximum absolute atomic E-state index is 5.51. The molecule has 0 aliphatic carbocycles. The Morgan fingerprint density at radius 2 is 2.10 bits per heavy atom. The molecule has 0 radical (unpaired) electrons. The summed E-state index contributed by atoms with van der Waals surface area (Å²) in [6, 6.07) is 9.20. The first-order valence-electron chi connectivity index (χ1n) is 7.61. The molecule has 1 aromatic carbocycles. The fourth-order valence-corrected chi connectivity index (χ4v) is 3.43. The van der Waals surface area contributed by atoms with Gasteiger partial charge in [-0.25, -0.2) is 0 Å².